The fourth-order valence-electron chi connectivity index (χ4n) is 3.51. The van der Waals surface area contributed by atoms with E-state index in [9.17, 15) is 23.3 Å². The maximum atomic E-state index is 13.0. The molecule has 0 radical (unpaired) electrons. The van der Waals surface area contributed by atoms with E-state index in [-0.39, 0.29) is 48.6 Å². The number of nitro groups is 1. The summed E-state index contributed by atoms with van der Waals surface area (Å²) in [5, 5.41) is 10.9. The molecule has 2 aromatic carbocycles. The fraction of sp³-hybridized carbons (Fsp3) is 0.350. The van der Waals surface area contributed by atoms with Gasteiger partial charge in [-0.3, -0.25) is 14.9 Å². The molecule has 154 valence electrons. The number of benzene rings is 2. The molecule has 0 unspecified atom stereocenters. The van der Waals surface area contributed by atoms with Crippen LogP contribution in [0.1, 0.15) is 24.8 Å². The lowest BCUT2D eigenvalue weighted by Crippen LogP contribution is -2.51. The van der Waals surface area contributed by atoms with Gasteiger partial charge in [-0.25, -0.2) is 8.42 Å². The monoisotopic (exact) mass is 417 g/mol. The van der Waals surface area contributed by atoms with E-state index in [4.69, 9.17) is 0 Å². The molecule has 2 aromatic rings. The van der Waals surface area contributed by atoms with Crippen molar-refractivity contribution in [1.82, 2.24) is 9.21 Å². The molecule has 3 rings (SSSR count). The summed E-state index contributed by atoms with van der Waals surface area (Å²) in [6.07, 6.45) is 0.662. The predicted octanol–water partition coefficient (Wildman–Crippen LogP) is 2.62. The second-order valence-corrected chi connectivity index (χ2v) is 8.79. The summed E-state index contributed by atoms with van der Waals surface area (Å²) in [5.41, 5.74) is 0.681. The predicted molar refractivity (Wildman–Crippen MR) is 108 cm³/mol. The van der Waals surface area contributed by atoms with Crippen LogP contribution in [0, 0.1) is 10.1 Å². The average Bonchev–Trinajstić information content (AvgIpc) is 2.75. The minimum atomic E-state index is -3.85. The molecule has 1 fully saturated rings. The lowest BCUT2D eigenvalue weighted by molar-refractivity contribution is -0.385. The number of amides is 1. The van der Waals surface area contributed by atoms with E-state index in [1.807, 2.05) is 37.3 Å². The number of non-ortho nitro benzene ring substituents is 1. The molecular weight excluding hydrogens is 394 g/mol. The Morgan fingerprint density at radius 2 is 1.72 bits per heavy atom. The highest BCUT2D eigenvalue weighted by atomic mass is 32.2. The third kappa shape index (κ3) is 4.46. The van der Waals surface area contributed by atoms with Gasteiger partial charge in [0.15, 0.2) is 0 Å². The summed E-state index contributed by atoms with van der Waals surface area (Å²) in [5.74, 6) is -0.262. The Balaban J connectivity index is 1.70. The minimum Gasteiger partial charge on any atom is -0.340 e. The van der Waals surface area contributed by atoms with E-state index in [1.165, 1.54) is 22.5 Å². The quantitative estimate of drug-likeness (QED) is 0.531. The Kier molecular flexibility index (Phi) is 6.29. The largest absolute Gasteiger partial charge is 0.340 e. The highest BCUT2D eigenvalue weighted by Gasteiger charge is 2.33. The molecule has 0 bridgehead atoms. The third-order valence-corrected chi connectivity index (χ3v) is 7.02. The van der Waals surface area contributed by atoms with E-state index in [0.29, 0.717) is 6.42 Å². The van der Waals surface area contributed by atoms with Crippen molar-refractivity contribution in [1.29, 1.82) is 0 Å². The molecule has 29 heavy (non-hydrogen) atoms. The van der Waals surface area contributed by atoms with Gasteiger partial charge in [0.25, 0.3) is 5.69 Å². The van der Waals surface area contributed by atoms with Gasteiger partial charge in [-0.05, 0) is 18.1 Å². The number of carbonyl (C=O) groups is 1. The number of carbonyl (C=O) groups excluding carboxylic acids is 1. The molecule has 0 N–H and O–H groups in total. The van der Waals surface area contributed by atoms with Crippen molar-refractivity contribution in [3.8, 4) is 0 Å². The van der Waals surface area contributed by atoms with Gasteiger partial charge in [-0.1, -0.05) is 43.3 Å². The molecule has 1 aliphatic rings. The second kappa shape index (κ2) is 8.71. The first-order chi connectivity index (χ1) is 13.8. The van der Waals surface area contributed by atoms with Gasteiger partial charge in [-0.15, -0.1) is 0 Å². The molecule has 1 amide bonds. The van der Waals surface area contributed by atoms with Crippen molar-refractivity contribution in [2.45, 2.75) is 24.2 Å². The Hall–Kier alpha value is -2.78. The summed E-state index contributed by atoms with van der Waals surface area (Å²) in [6.45, 7) is 2.84. The molecule has 0 spiro atoms. The van der Waals surface area contributed by atoms with E-state index in [2.05, 4.69) is 0 Å². The van der Waals surface area contributed by atoms with Gasteiger partial charge in [0.1, 0.15) is 0 Å². The molecule has 9 heteroatoms. The number of nitro benzene ring substituents is 1. The van der Waals surface area contributed by atoms with E-state index in [0.717, 1.165) is 11.6 Å². The number of hydrogen-bond acceptors (Lipinski definition) is 5. The zero-order valence-corrected chi connectivity index (χ0v) is 16.9. The van der Waals surface area contributed by atoms with Gasteiger partial charge in [0.2, 0.25) is 15.9 Å². The summed E-state index contributed by atoms with van der Waals surface area (Å²) in [7, 11) is -3.85. The van der Waals surface area contributed by atoms with E-state index in [1.54, 1.807) is 4.90 Å². The lowest BCUT2D eigenvalue weighted by Gasteiger charge is -2.35. The van der Waals surface area contributed by atoms with Crippen molar-refractivity contribution in [3.63, 3.8) is 0 Å². The van der Waals surface area contributed by atoms with Crippen molar-refractivity contribution in [2.75, 3.05) is 26.2 Å². The molecular formula is C20H23N3O5S. The zero-order valence-electron chi connectivity index (χ0n) is 16.1. The Bertz CT molecular complexity index is 986. The number of piperazine rings is 1. The minimum absolute atomic E-state index is 0.00824. The highest BCUT2D eigenvalue weighted by Crippen LogP contribution is 2.25. The first-order valence-corrected chi connectivity index (χ1v) is 10.9. The van der Waals surface area contributed by atoms with Crippen LogP contribution in [0.2, 0.25) is 0 Å². The highest BCUT2D eigenvalue weighted by molar-refractivity contribution is 7.89. The molecule has 1 heterocycles. The van der Waals surface area contributed by atoms with Crippen LogP contribution in [0.4, 0.5) is 5.69 Å². The number of hydrogen-bond donors (Lipinski definition) is 0. The summed E-state index contributed by atoms with van der Waals surface area (Å²) in [6, 6.07) is 14.6. The topological polar surface area (TPSA) is 101 Å². The van der Waals surface area contributed by atoms with Gasteiger partial charge >= 0.3 is 0 Å². The zero-order chi connectivity index (χ0) is 21.0. The Morgan fingerprint density at radius 1 is 1.07 bits per heavy atom. The van der Waals surface area contributed by atoms with Crippen LogP contribution >= 0.6 is 0 Å². The van der Waals surface area contributed by atoms with Crippen LogP contribution in [0.15, 0.2) is 59.5 Å². The van der Waals surface area contributed by atoms with Crippen molar-refractivity contribution in [3.05, 3.63) is 70.3 Å². The number of sulfonamides is 1. The normalized spacial score (nSPS) is 16.4. The second-order valence-electron chi connectivity index (χ2n) is 6.86. The Morgan fingerprint density at radius 3 is 2.31 bits per heavy atom. The van der Waals surface area contributed by atoms with Crippen molar-refractivity contribution < 1.29 is 18.1 Å². The number of rotatable bonds is 6. The first kappa shape index (κ1) is 20.9. The van der Waals surface area contributed by atoms with Crippen LogP contribution in [0.3, 0.4) is 0 Å². The van der Waals surface area contributed by atoms with Gasteiger partial charge in [0.05, 0.1) is 15.7 Å². The maximum Gasteiger partial charge on any atom is 0.270 e. The molecule has 1 saturated heterocycles. The standard InChI is InChI=1S/C20H23N3O5S/c1-2-19(16-7-4-3-5-8-16)20(24)21-11-13-22(14-12-21)29(27,28)18-10-6-9-17(15-18)23(25)26/h3-10,15,19H,2,11-14H2,1H3/t19-/m1/s1. The van der Waals surface area contributed by atoms with Crippen molar-refractivity contribution >= 4 is 21.6 Å². The summed E-state index contributed by atoms with van der Waals surface area (Å²) in [4.78, 5) is 24.9. The molecule has 1 atom stereocenters. The summed E-state index contributed by atoms with van der Waals surface area (Å²) >= 11 is 0. The third-order valence-electron chi connectivity index (χ3n) is 5.12. The molecule has 1 aliphatic heterocycles. The average molecular weight is 417 g/mol. The lowest BCUT2D eigenvalue weighted by atomic mass is 9.95. The van der Waals surface area contributed by atoms with Gasteiger partial charge in [0, 0.05) is 38.3 Å². The SMILES string of the molecule is CC[C@@H](C(=O)N1CCN(S(=O)(=O)c2cccc([N+](=O)[O-])c2)CC1)c1ccccc1. The number of nitrogens with zero attached hydrogens (tertiary/aromatic N) is 3. The van der Waals surface area contributed by atoms with Crippen molar-refractivity contribution in [2.24, 2.45) is 0 Å². The van der Waals surface area contributed by atoms with Crippen LogP contribution in [-0.4, -0.2) is 54.6 Å². The smallest absolute Gasteiger partial charge is 0.270 e. The van der Waals surface area contributed by atoms with Crippen LogP contribution in [0.5, 0.6) is 0 Å². The molecule has 0 aliphatic carbocycles. The maximum absolute atomic E-state index is 13.0. The molecule has 0 aromatic heterocycles. The van der Waals surface area contributed by atoms with Gasteiger partial charge < -0.3 is 4.90 Å². The Labute approximate surface area is 169 Å². The molecule has 8 nitrogen and oxygen atoms in total. The van der Waals surface area contributed by atoms with E-state index >= 15 is 0 Å². The van der Waals surface area contributed by atoms with Crippen LogP contribution < -0.4 is 0 Å². The van der Waals surface area contributed by atoms with E-state index < -0.39 is 14.9 Å². The first-order valence-electron chi connectivity index (χ1n) is 9.43. The molecule has 0 saturated carbocycles. The van der Waals surface area contributed by atoms with Gasteiger partial charge in [-0.2, -0.15) is 4.31 Å². The summed E-state index contributed by atoms with van der Waals surface area (Å²) < 4.78 is 27.0. The fourth-order valence-corrected chi connectivity index (χ4v) is 4.98. The van der Waals surface area contributed by atoms with Crippen LogP contribution in [0.25, 0.3) is 0 Å². The van der Waals surface area contributed by atoms with Crippen LogP contribution in [-0.2, 0) is 14.8 Å².